The Morgan fingerprint density at radius 2 is 1.95 bits per heavy atom. The molecule has 0 radical (unpaired) electrons. The molecule has 1 N–H and O–H groups in total. The molecule has 0 aliphatic heterocycles. The van der Waals surface area contributed by atoms with E-state index in [2.05, 4.69) is 31.5 Å². The number of tetrazole rings is 1. The normalized spacial score (nSPS) is 12.4. The number of pyridine rings is 1. The quantitative estimate of drug-likeness (QED) is 0.262. The Balaban J connectivity index is 1.51. The number of nitrogens with one attached hydrogen (secondary N) is 1. The first-order valence-electron chi connectivity index (χ1n) is 12.5. The summed E-state index contributed by atoms with van der Waals surface area (Å²) < 4.78 is 20.9. The third-order valence-electron chi connectivity index (χ3n) is 6.62. The molecule has 196 valence electrons. The molecular weight excluding hydrogens is 515 g/mol. The molecule has 0 fully saturated rings. The molecular formula is C29H25FN6O2S. The first-order chi connectivity index (χ1) is 19.0. The van der Waals surface area contributed by atoms with E-state index < -0.39 is 6.04 Å². The van der Waals surface area contributed by atoms with Crippen molar-refractivity contribution in [1.29, 1.82) is 0 Å². The largest absolute Gasteiger partial charge is 0.468 e. The third-order valence-corrected chi connectivity index (χ3v) is 7.48. The van der Waals surface area contributed by atoms with Gasteiger partial charge in [0.25, 0.3) is 5.56 Å². The summed E-state index contributed by atoms with van der Waals surface area (Å²) in [6.45, 7) is 3.27. The van der Waals surface area contributed by atoms with Gasteiger partial charge in [0, 0.05) is 22.5 Å². The van der Waals surface area contributed by atoms with Gasteiger partial charge in [-0.25, -0.2) is 9.07 Å². The van der Waals surface area contributed by atoms with Gasteiger partial charge in [-0.2, -0.15) is 0 Å². The van der Waals surface area contributed by atoms with Crippen LogP contribution in [0.5, 0.6) is 0 Å². The van der Waals surface area contributed by atoms with Gasteiger partial charge >= 0.3 is 0 Å². The van der Waals surface area contributed by atoms with E-state index in [1.807, 2.05) is 54.8 Å². The van der Waals surface area contributed by atoms with Crippen molar-refractivity contribution in [2.24, 2.45) is 0 Å². The number of furan rings is 1. The van der Waals surface area contributed by atoms with Crippen molar-refractivity contribution in [1.82, 2.24) is 30.1 Å². The van der Waals surface area contributed by atoms with Crippen LogP contribution in [0.15, 0.2) is 93.7 Å². The average molecular weight is 541 g/mol. The number of fused-ring (bicyclic) bond motifs is 1. The molecule has 0 aliphatic carbocycles. The summed E-state index contributed by atoms with van der Waals surface area (Å²) in [5.41, 5.74) is 2.96. The summed E-state index contributed by atoms with van der Waals surface area (Å²) in [7, 11) is 0. The monoisotopic (exact) mass is 540 g/mol. The molecule has 8 nitrogen and oxygen atoms in total. The van der Waals surface area contributed by atoms with E-state index in [-0.39, 0.29) is 11.4 Å². The van der Waals surface area contributed by atoms with E-state index in [1.54, 1.807) is 34.4 Å². The number of benzene rings is 2. The van der Waals surface area contributed by atoms with Crippen molar-refractivity contribution in [3.8, 4) is 0 Å². The van der Waals surface area contributed by atoms with Gasteiger partial charge in [-0.05, 0) is 81.7 Å². The number of hydrogen-bond acceptors (Lipinski definition) is 7. The van der Waals surface area contributed by atoms with Crippen LogP contribution in [0.25, 0.3) is 10.9 Å². The number of nitrogens with zero attached hydrogens (tertiary/aromatic N) is 5. The standard InChI is InChI=1S/C29H25FN6O2S/c1-19-6-9-21-15-25(29(37)31-26(21)14-19)27(28-32-33-34-36(28)16-20-7-10-22(30)11-8-20)35(17-23-4-2-12-38-23)18-24-5-3-13-39-24/h2-15,27H,16-18H2,1H3,(H,31,37). The predicted octanol–water partition coefficient (Wildman–Crippen LogP) is 5.46. The van der Waals surface area contributed by atoms with Gasteiger partial charge < -0.3 is 9.40 Å². The molecule has 0 saturated heterocycles. The van der Waals surface area contributed by atoms with Crippen molar-refractivity contribution >= 4 is 22.2 Å². The molecule has 0 bridgehead atoms. The van der Waals surface area contributed by atoms with Crippen molar-refractivity contribution in [3.63, 3.8) is 0 Å². The zero-order chi connectivity index (χ0) is 26.8. The van der Waals surface area contributed by atoms with Crippen LogP contribution >= 0.6 is 11.3 Å². The highest BCUT2D eigenvalue weighted by atomic mass is 32.1. The summed E-state index contributed by atoms with van der Waals surface area (Å²) in [6.07, 6.45) is 1.64. The Kier molecular flexibility index (Phi) is 6.87. The second-order valence-corrected chi connectivity index (χ2v) is 10.5. The molecule has 1 unspecified atom stereocenters. The molecule has 6 aromatic rings. The lowest BCUT2D eigenvalue weighted by molar-refractivity contribution is 0.181. The number of hydrogen-bond donors (Lipinski definition) is 1. The molecule has 0 saturated carbocycles. The van der Waals surface area contributed by atoms with Gasteiger partial charge in [0.2, 0.25) is 0 Å². The Bertz CT molecular complexity index is 1710. The fraction of sp³-hybridized carbons (Fsp3) is 0.172. The molecule has 4 aromatic heterocycles. The molecule has 2 aromatic carbocycles. The summed E-state index contributed by atoms with van der Waals surface area (Å²) in [6, 6.07) is 21.3. The number of aryl methyl sites for hydroxylation is 1. The van der Waals surface area contributed by atoms with E-state index >= 15 is 0 Å². The first kappa shape index (κ1) is 24.9. The van der Waals surface area contributed by atoms with Crippen molar-refractivity contribution < 1.29 is 8.81 Å². The average Bonchev–Trinajstić information content (AvgIpc) is 3.71. The molecule has 1 atom stereocenters. The fourth-order valence-corrected chi connectivity index (χ4v) is 5.49. The number of H-pyrrole nitrogens is 1. The maximum absolute atomic E-state index is 13.7. The molecule has 0 spiro atoms. The number of halogens is 1. The SMILES string of the molecule is Cc1ccc2cc(C(c3nnnn3Cc3ccc(F)cc3)N(Cc3ccco3)Cc3cccs3)c(=O)[nH]c2c1. The van der Waals surface area contributed by atoms with Crippen LogP contribution in [-0.4, -0.2) is 30.1 Å². The van der Waals surface area contributed by atoms with Gasteiger partial charge in [-0.15, -0.1) is 16.4 Å². The number of aromatic amines is 1. The zero-order valence-electron chi connectivity index (χ0n) is 21.1. The second-order valence-electron chi connectivity index (χ2n) is 9.43. The van der Waals surface area contributed by atoms with E-state index in [0.29, 0.717) is 31.0 Å². The second kappa shape index (κ2) is 10.8. The highest BCUT2D eigenvalue weighted by Crippen LogP contribution is 2.31. The smallest absolute Gasteiger partial charge is 0.253 e. The number of thiophene rings is 1. The van der Waals surface area contributed by atoms with Gasteiger partial charge in [-0.3, -0.25) is 9.69 Å². The molecule has 10 heteroatoms. The highest BCUT2D eigenvalue weighted by molar-refractivity contribution is 7.09. The van der Waals surface area contributed by atoms with Crippen molar-refractivity contribution in [3.05, 3.63) is 134 Å². The minimum atomic E-state index is -0.609. The van der Waals surface area contributed by atoms with Crippen LogP contribution < -0.4 is 5.56 Å². The lowest BCUT2D eigenvalue weighted by Gasteiger charge is -2.30. The Morgan fingerprint density at radius 3 is 2.72 bits per heavy atom. The van der Waals surface area contributed by atoms with Crippen LogP contribution in [0.4, 0.5) is 4.39 Å². The topological polar surface area (TPSA) is 92.8 Å². The molecule has 6 rings (SSSR count). The Hall–Kier alpha value is -4.41. The summed E-state index contributed by atoms with van der Waals surface area (Å²) in [5.74, 6) is 0.938. The number of aromatic nitrogens is 5. The van der Waals surface area contributed by atoms with Gasteiger partial charge in [0.05, 0.1) is 19.4 Å². The highest BCUT2D eigenvalue weighted by Gasteiger charge is 2.31. The maximum atomic E-state index is 13.7. The molecule has 39 heavy (non-hydrogen) atoms. The molecule has 0 amide bonds. The van der Waals surface area contributed by atoms with Gasteiger partial charge in [0.15, 0.2) is 5.82 Å². The third kappa shape index (κ3) is 5.43. The fourth-order valence-electron chi connectivity index (χ4n) is 4.76. The van der Waals surface area contributed by atoms with Crippen LogP contribution in [0, 0.1) is 12.7 Å². The van der Waals surface area contributed by atoms with E-state index in [0.717, 1.165) is 32.7 Å². The van der Waals surface area contributed by atoms with E-state index in [9.17, 15) is 9.18 Å². The molecule has 0 aliphatic rings. The van der Waals surface area contributed by atoms with E-state index in [1.165, 1.54) is 12.1 Å². The lowest BCUT2D eigenvalue weighted by Crippen LogP contribution is -2.34. The van der Waals surface area contributed by atoms with Crippen LogP contribution in [0.3, 0.4) is 0 Å². The Morgan fingerprint density at radius 1 is 1.08 bits per heavy atom. The zero-order valence-corrected chi connectivity index (χ0v) is 21.9. The van der Waals surface area contributed by atoms with E-state index in [4.69, 9.17) is 4.42 Å². The van der Waals surface area contributed by atoms with Crippen LogP contribution in [0.1, 0.15) is 39.2 Å². The predicted molar refractivity (Wildman–Crippen MR) is 147 cm³/mol. The summed E-state index contributed by atoms with van der Waals surface area (Å²) in [4.78, 5) is 20.0. The van der Waals surface area contributed by atoms with Crippen LogP contribution in [0.2, 0.25) is 0 Å². The Labute approximate surface area is 227 Å². The van der Waals surface area contributed by atoms with Crippen molar-refractivity contribution in [2.75, 3.05) is 0 Å². The van der Waals surface area contributed by atoms with Crippen LogP contribution in [-0.2, 0) is 19.6 Å². The van der Waals surface area contributed by atoms with Crippen molar-refractivity contribution in [2.45, 2.75) is 32.6 Å². The summed E-state index contributed by atoms with van der Waals surface area (Å²) >= 11 is 1.64. The van der Waals surface area contributed by atoms with Gasteiger partial charge in [0.1, 0.15) is 17.6 Å². The minimum absolute atomic E-state index is 0.218. The molecule has 4 heterocycles. The first-order valence-corrected chi connectivity index (χ1v) is 13.3. The number of rotatable bonds is 9. The minimum Gasteiger partial charge on any atom is -0.468 e. The lowest BCUT2D eigenvalue weighted by atomic mass is 10.0. The van der Waals surface area contributed by atoms with Gasteiger partial charge in [-0.1, -0.05) is 30.3 Å². The summed E-state index contributed by atoms with van der Waals surface area (Å²) in [5, 5.41) is 15.6. The maximum Gasteiger partial charge on any atom is 0.253 e.